The molecule has 0 bridgehead atoms. The van der Waals surface area contributed by atoms with Crippen LogP contribution in [0.25, 0.3) is 5.70 Å². The average Bonchev–Trinajstić information content (AvgIpc) is 2.55. The van der Waals surface area contributed by atoms with Gasteiger partial charge in [0, 0.05) is 23.9 Å². The minimum atomic E-state index is -0.833. The molecule has 4 heteroatoms. The van der Waals surface area contributed by atoms with E-state index in [-0.39, 0.29) is 5.76 Å². The summed E-state index contributed by atoms with van der Waals surface area (Å²) in [4.78, 5) is 6.16. The van der Waals surface area contributed by atoms with Gasteiger partial charge in [-0.15, -0.1) is 0 Å². The monoisotopic (exact) mass is 296 g/mol. The summed E-state index contributed by atoms with van der Waals surface area (Å²) in [5, 5.41) is 21.4. The number of benzene rings is 1. The van der Waals surface area contributed by atoms with Crippen molar-refractivity contribution in [3.05, 3.63) is 65.1 Å². The van der Waals surface area contributed by atoms with E-state index >= 15 is 0 Å². The van der Waals surface area contributed by atoms with Gasteiger partial charge in [0.15, 0.2) is 12.0 Å². The van der Waals surface area contributed by atoms with E-state index in [0.29, 0.717) is 23.5 Å². The lowest BCUT2D eigenvalue weighted by Gasteiger charge is -2.40. The first-order valence-corrected chi connectivity index (χ1v) is 7.54. The van der Waals surface area contributed by atoms with Crippen molar-refractivity contribution in [3.63, 3.8) is 0 Å². The Morgan fingerprint density at radius 1 is 1.41 bits per heavy atom. The highest BCUT2D eigenvalue weighted by atomic mass is 16.3. The summed E-state index contributed by atoms with van der Waals surface area (Å²) in [6, 6.07) is 7.96. The Balaban J connectivity index is 2.23. The number of hydrogen-bond donors (Lipinski definition) is 2. The Morgan fingerprint density at radius 2 is 2.18 bits per heavy atom. The molecule has 0 aromatic heterocycles. The maximum Gasteiger partial charge on any atom is 0.166 e. The Bertz CT molecular complexity index is 701. The van der Waals surface area contributed by atoms with Crippen LogP contribution in [0.4, 0.5) is 0 Å². The van der Waals surface area contributed by atoms with Gasteiger partial charge in [0.05, 0.1) is 5.70 Å². The molecule has 22 heavy (non-hydrogen) atoms. The van der Waals surface area contributed by atoms with Crippen molar-refractivity contribution >= 4 is 11.9 Å². The van der Waals surface area contributed by atoms with Gasteiger partial charge in [0.2, 0.25) is 0 Å². The van der Waals surface area contributed by atoms with Gasteiger partial charge in [-0.25, -0.2) is 0 Å². The summed E-state index contributed by atoms with van der Waals surface area (Å²) in [7, 11) is 0. The molecule has 1 aromatic rings. The number of fused-ring (bicyclic) bond motifs is 3. The van der Waals surface area contributed by atoms with Gasteiger partial charge in [-0.2, -0.15) is 0 Å². The van der Waals surface area contributed by atoms with Crippen LogP contribution in [0.15, 0.2) is 58.9 Å². The number of aliphatic imine (C=N–C) groups is 1. The summed E-state index contributed by atoms with van der Waals surface area (Å²) in [5.41, 5.74) is 3.74. The molecule has 1 unspecified atom stereocenters. The van der Waals surface area contributed by atoms with E-state index < -0.39 is 6.23 Å². The van der Waals surface area contributed by atoms with Gasteiger partial charge in [-0.05, 0) is 18.4 Å². The van der Waals surface area contributed by atoms with Crippen LogP contribution >= 0.6 is 0 Å². The lowest BCUT2D eigenvalue weighted by atomic mass is 9.91. The number of aliphatic hydroxyl groups is 2. The van der Waals surface area contributed by atoms with E-state index in [0.717, 1.165) is 18.4 Å². The van der Waals surface area contributed by atoms with Crippen molar-refractivity contribution in [1.82, 2.24) is 4.90 Å². The zero-order valence-corrected chi connectivity index (χ0v) is 12.7. The van der Waals surface area contributed by atoms with E-state index in [4.69, 9.17) is 0 Å². The van der Waals surface area contributed by atoms with Gasteiger partial charge >= 0.3 is 0 Å². The summed E-state index contributed by atoms with van der Waals surface area (Å²) < 4.78 is 0. The van der Waals surface area contributed by atoms with Crippen molar-refractivity contribution in [2.75, 3.05) is 6.54 Å². The predicted octanol–water partition coefficient (Wildman–Crippen LogP) is 3.02. The lowest BCUT2D eigenvalue weighted by molar-refractivity contribution is 0.0719. The van der Waals surface area contributed by atoms with Crippen LogP contribution in [-0.4, -0.2) is 34.1 Å². The quantitative estimate of drug-likeness (QED) is 0.843. The standard InChI is InChI=1S/C18H20N2O2/c1-3-10-19-15-13(4-2)18(22)20-11-9-12-7-5-6-8-14(12)16(20)17(15)21/h4-8,10,18,21-22H,2-3,9,11H2,1H3. The zero-order valence-electron chi connectivity index (χ0n) is 12.7. The fourth-order valence-corrected chi connectivity index (χ4v) is 3.04. The van der Waals surface area contributed by atoms with Crippen LogP contribution in [0.3, 0.4) is 0 Å². The van der Waals surface area contributed by atoms with Crippen LogP contribution in [0.5, 0.6) is 0 Å². The largest absolute Gasteiger partial charge is 0.504 e. The van der Waals surface area contributed by atoms with Crippen molar-refractivity contribution in [1.29, 1.82) is 0 Å². The molecule has 2 aliphatic heterocycles. The molecule has 1 aromatic carbocycles. The molecule has 2 heterocycles. The first-order chi connectivity index (χ1) is 10.7. The Morgan fingerprint density at radius 3 is 2.91 bits per heavy atom. The molecule has 0 spiro atoms. The van der Waals surface area contributed by atoms with Crippen molar-refractivity contribution in [3.8, 4) is 0 Å². The minimum Gasteiger partial charge on any atom is -0.504 e. The fraction of sp³-hybridized carbons (Fsp3) is 0.278. The third-order valence-corrected chi connectivity index (χ3v) is 4.10. The molecule has 0 radical (unpaired) electrons. The topological polar surface area (TPSA) is 56.1 Å². The molecule has 3 rings (SSSR count). The van der Waals surface area contributed by atoms with Gasteiger partial charge in [0.1, 0.15) is 5.70 Å². The van der Waals surface area contributed by atoms with Crippen LogP contribution in [-0.2, 0) is 6.42 Å². The average molecular weight is 296 g/mol. The molecule has 0 fully saturated rings. The molecule has 0 amide bonds. The van der Waals surface area contributed by atoms with E-state index in [9.17, 15) is 10.2 Å². The summed E-state index contributed by atoms with van der Waals surface area (Å²) in [6.45, 7) is 6.39. The van der Waals surface area contributed by atoms with Gasteiger partial charge in [0.25, 0.3) is 0 Å². The highest BCUT2D eigenvalue weighted by molar-refractivity contribution is 5.76. The van der Waals surface area contributed by atoms with Crippen LogP contribution in [0, 0.1) is 0 Å². The third-order valence-electron chi connectivity index (χ3n) is 4.10. The van der Waals surface area contributed by atoms with E-state index in [1.807, 2.05) is 30.0 Å². The van der Waals surface area contributed by atoms with Crippen molar-refractivity contribution in [2.24, 2.45) is 4.99 Å². The first kappa shape index (κ1) is 14.6. The highest BCUT2D eigenvalue weighted by Gasteiger charge is 2.36. The number of rotatable bonds is 3. The Labute approximate surface area is 130 Å². The van der Waals surface area contributed by atoms with Crippen molar-refractivity contribution < 1.29 is 10.2 Å². The van der Waals surface area contributed by atoms with E-state index in [2.05, 4.69) is 17.6 Å². The molecule has 0 saturated heterocycles. The molecule has 114 valence electrons. The van der Waals surface area contributed by atoms with Crippen LogP contribution in [0.1, 0.15) is 24.5 Å². The molecular weight excluding hydrogens is 276 g/mol. The first-order valence-electron chi connectivity index (χ1n) is 7.54. The lowest BCUT2D eigenvalue weighted by Crippen LogP contribution is -2.42. The molecular formula is C18H20N2O2. The molecule has 0 saturated carbocycles. The second kappa shape index (κ2) is 5.81. The molecule has 2 N–H and O–H groups in total. The highest BCUT2D eigenvalue weighted by Crippen LogP contribution is 2.40. The second-order valence-electron chi connectivity index (χ2n) is 5.40. The Kier molecular flexibility index (Phi) is 3.86. The molecule has 1 atom stereocenters. The van der Waals surface area contributed by atoms with E-state index in [1.165, 1.54) is 5.56 Å². The van der Waals surface area contributed by atoms with Gasteiger partial charge in [-0.1, -0.05) is 43.8 Å². The summed E-state index contributed by atoms with van der Waals surface area (Å²) in [6.07, 6.45) is 4.06. The van der Waals surface area contributed by atoms with Crippen molar-refractivity contribution in [2.45, 2.75) is 26.0 Å². The van der Waals surface area contributed by atoms with Gasteiger partial charge in [-0.3, -0.25) is 4.99 Å². The number of aliphatic hydroxyl groups excluding tert-OH is 2. The van der Waals surface area contributed by atoms with Crippen LogP contribution < -0.4 is 0 Å². The van der Waals surface area contributed by atoms with E-state index in [1.54, 1.807) is 12.3 Å². The predicted molar refractivity (Wildman–Crippen MR) is 88.4 cm³/mol. The maximum atomic E-state index is 10.8. The second-order valence-corrected chi connectivity index (χ2v) is 5.40. The van der Waals surface area contributed by atoms with Crippen LogP contribution in [0.2, 0.25) is 0 Å². The molecule has 0 aliphatic carbocycles. The fourth-order valence-electron chi connectivity index (χ4n) is 3.04. The third kappa shape index (κ3) is 2.16. The number of hydrogen-bond acceptors (Lipinski definition) is 4. The normalized spacial score (nSPS) is 21.2. The minimum absolute atomic E-state index is 0.108. The zero-order chi connectivity index (χ0) is 15.7. The molecule has 2 aliphatic rings. The summed E-state index contributed by atoms with van der Waals surface area (Å²) >= 11 is 0. The summed E-state index contributed by atoms with van der Waals surface area (Å²) in [5.74, 6) is 0.108. The maximum absolute atomic E-state index is 10.8. The van der Waals surface area contributed by atoms with Gasteiger partial charge < -0.3 is 15.1 Å². The SMILES string of the molecule is C=CC1=C(N=CCC)C(O)=C2c3ccccc3CCN2C1O. The number of nitrogens with zero attached hydrogens (tertiary/aromatic N) is 2. The molecule has 4 nitrogen and oxygen atoms in total. The smallest absolute Gasteiger partial charge is 0.166 e. The Hall–Kier alpha value is -2.33.